The van der Waals surface area contributed by atoms with Gasteiger partial charge in [-0.15, -0.1) is 0 Å². The van der Waals surface area contributed by atoms with Crippen molar-refractivity contribution < 1.29 is 9.63 Å². The number of carbonyl (C=O) groups is 1. The van der Waals surface area contributed by atoms with E-state index in [-0.39, 0.29) is 11.6 Å². The molecular formula is C16H20N4O2. The summed E-state index contributed by atoms with van der Waals surface area (Å²) in [5.41, 5.74) is 9.14. The lowest BCUT2D eigenvalue weighted by Crippen LogP contribution is -2.57. The zero-order chi connectivity index (χ0) is 14.7. The number of hydrazine groups is 2. The molecule has 5 aliphatic rings. The third-order valence-corrected chi connectivity index (χ3v) is 5.70. The van der Waals surface area contributed by atoms with Gasteiger partial charge in [0.05, 0.1) is 17.8 Å². The highest BCUT2D eigenvalue weighted by Gasteiger charge is 2.53. The van der Waals surface area contributed by atoms with E-state index in [0.717, 1.165) is 29.3 Å². The van der Waals surface area contributed by atoms with E-state index in [9.17, 15) is 4.79 Å². The number of para-hydroxylation sites is 1. The highest BCUT2D eigenvalue weighted by molar-refractivity contribution is 6.02. The first-order chi connectivity index (χ1) is 10.7. The number of carbonyl (C=O) groups excluding carboxylic acids is 1. The second-order valence-electron chi connectivity index (χ2n) is 6.99. The van der Waals surface area contributed by atoms with E-state index < -0.39 is 0 Å². The molecule has 4 fully saturated rings. The van der Waals surface area contributed by atoms with Crippen LogP contribution in [0.1, 0.15) is 37.7 Å². The molecule has 6 nitrogen and oxygen atoms in total. The molecular weight excluding hydrogens is 280 g/mol. The minimum absolute atomic E-state index is 0.0500. The van der Waals surface area contributed by atoms with Crippen molar-refractivity contribution in [3.05, 3.63) is 23.8 Å². The van der Waals surface area contributed by atoms with Crippen molar-refractivity contribution in [1.29, 1.82) is 0 Å². The number of anilines is 2. The molecule has 3 aliphatic carbocycles. The van der Waals surface area contributed by atoms with Crippen LogP contribution < -0.4 is 21.4 Å². The lowest BCUT2D eigenvalue weighted by atomic mass is 9.66. The molecule has 2 bridgehead atoms. The molecule has 0 radical (unpaired) electrons. The van der Waals surface area contributed by atoms with Gasteiger partial charge in [0, 0.05) is 5.92 Å². The molecule has 1 aromatic carbocycles. The smallest absolute Gasteiger partial charge is 0.228 e. The zero-order valence-electron chi connectivity index (χ0n) is 12.4. The van der Waals surface area contributed by atoms with Gasteiger partial charge >= 0.3 is 0 Å². The number of amides is 1. The minimum atomic E-state index is -0.285. The monoisotopic (exact) mass is 300 g/mol. The molecule has 116 valence electrons. The van der Waals surface area contributed by atoms with Crippen LogP contribution in [0.3, 0.4) is 0 Å². The molecule has 22 heavy (non-hydrogen) atoms. The van der Waals surface area contributed by atoms with Crippen LogP contribution in [0.2, 0.25) is 0 Å². The van der Waals surface area contributed by atoms with Crippen LogP contribution in [0.5, 0.6) is 0 Å². The van der Waals surface area contributed by atoms with Crippen molar-refractivity contribution in [2.24, 2.45) is 11.8 Å². The molecule has 1 aromatic rings. The van der Waals surface area contributed by atoms with E-state index in [0.29, 0.717) is 12.3 Å². The number of hydrogen-bond donors (Lipinski definition) is 3. The topological polar surface area (TPSA) is 65.6 Å². The fourth-order valence-corrected chi connectivity index (χ4v) is 4.58. The summed E-state index contributed by atoms with van der Waals surface area (Å²) in [7, 11) is 0. The van der Waals surface area contributed by atoms with Gasteiger partial charge in [0.2, 0.25) is 5.91 Å². The molecule has 3 saturated carbocycles. The maximum atomic E-state index is 11.7. The van der Waals surface area contributed by atoms with E-state index in [1.165, 1.54) is 25.7 Å². The van der Waals surface area contributed by atoms with Gasteiger partial charge in [0.25, 0.3) is 0 Å². The van der Waals surface area contributed by atoms with Crippen LogP contribution in [0.15, 0.2) is 18.2 Å². The highest BCUT2D eigenvalue weighted by atomic mass is 16.7. The number of benzene rings is 1. The van der Waals surface area contributed by atoms with Gasteiger partial charge < -0.3 is 5.32 Å². The van der Waals surface area contributed by atoms with Crippen molar-refractivity contribution in [2.45, 2.75) is 44.2 Å². The Morgan fingerprint density at radius 2 is 2.09 bits per heavy atom. The molecule has 1 atom stereocenters. The summed E-state index contributed by atoms with van der Waals surface area (Å²) in [4.78, 5) is 17.7. The summed E-state index contributed by atoms with van der Waals surface area (Å²) in [5.74, 6) is 1.37. The summed E-state index contributed by atoms with van der Waals surface area (Å²) in [5, 5.41) is 4.79. The van der Waals surface area contributed by atoms with Gasteiger partial charge in [0.1, 0.15) is 0 Å². The first-order valence-electron chi connectivity index (χ1n) is 8.17. The Kier molecular flexibility index (Phi) is 2.60. The maximum absolute atomic E-state index is 11.7. The predicted molar refractivity (Wildman–Crippen MR) is 81.4 cm³/mol. The Bertz CT molecular complexity index is 641. The van der Waals surface area contributed by atoms with Crippen LogP contribution in [0, 0.1) is 11.8 Å². The van der Waals surface area contributed by atoms with Crippen LogP contribution in [-0.4, -0.2) is 11.6 Å². The Hall–Kier alpha value is -1.63. The highest BCUT2D eigenvalue weighted by Crippen LogP contribution is 2.49. The third kappa shape index (κ3) is 1.74. The van der Waals surface area contributed by atoms with Crippen molar-refractivity contribution in [2.75, 3.05) is 10.4 Å². The summed E-state index contributed by atoms with van der Waals surface area (Å²) in [6.45, 7) is 0. The molecule has 1 saturated heterocycles. The fraction of sp³-hybridized carbons (Fsp3) is 0.562. The largest absolute Gasteiger partial charge is 0.324 e. The SMILES string of the molecule is O=C1Cc2cccc(N3NOC4(CC5CCC4CC5)N3)c2N1. The average Bonchev–Trinajstić information content (AvgIpc) is 3.11. The third-order valence-electron chi connectivity index (χ3n) is 5.70. The molecule has 2 aliphatic heterocycles. The van der Waals surface area contributed by atoms with Gasteiger partial charge in [-0.25, -0.2) is 5.12 Å². The molecule has 3 N–H and O–H groups in total. The van der Waals surface area contributed by atoms with E-state index in [4.69, 9.17) is 4.84 Å². The molecule has 1 amide bonds. The van der Waals surface area contributed by atoms with Crippen LogP contribution >= 0.6 is 0 Å². The molecule has 1 spiro atoms. The van der Waals surface area contributed by atoms with Gasteiger partial charge in [-0.05, 0) is 49.7 Å². The van der Waals surface area contributed by atoms with Gasteiger partial charge in [-0.1, -0.05) is 17.7 Å². The maximum Gasteiger partial charge on any atom is 0.228 e. The zero-order valence-corrected chi connectivity index (χ0v) is 12.4. The Balaban J connectivity index is 1.45. The lowest BCUT2D eigenvalue weighted by Gasteiger charge is -2.47. The van der Waals surface area contributed by atoms with Crippen LogP contribution in [0.25, 0.3) is 0 Å². The molecule has 2 heterocycles. The van der Waals surface area contributed by atoms with Crippen molar-refractivity contribution in [3.8, 4) is 0 Å². The van der Waals surface area contributed by atoms with Gasteiger partial charge in [0.15, 0.2) is 5.72 Å². The number of hydrogen-bond acceptors (Lipinski definition) is 5. The first-order valence-corrected chi connectivity index (χ1v) is 8.17. The molecule has 6 heteroatoms. The molecule has 6 rings (SSSR count). The number of fused-ring (bicyclic) bond motifs is 3. The molecule has 0 aromatic heterocycles. The Morgan fingerprint density at radius 3 is 2.86 bits per heavy atom. The summed E-state index contributed by atoms with van der Waals surface area (Å²) in [6.07, 6.45) is 6.63. The summed E-state index contributed by atoms with van der Waals surface area (Å²) < 4.78 is 0. The Morgan fingerprint density at radius 1 is 1.23 bits per heavy atom. The second-order valence-corrected chi connectivity index (χ2v) is 6.99. The summed E-state index contributed by atoms with van der Waals surface area (Å²) in [6, 6.07) is 5.97. The van der Waals surface area contributed by atoms with Crippen LogP contribution in [0.4, 0.5) is 11.4 Å². The Labute approximate surface area is 129 Å². The second kappa shape index (κ2) is 4.44. The van der Waals surface area contributed by atoms with Gasteiger partial charge in [-0.2, -0.15) is 5.43 Å². The number of nitrogens with zero attached hydrogens (tertiary/aromatic N) is 1. The van der Waals surface area contributed by atoms with E-state index in [1.54, 1.807) is 0 Å². The van der Waals surface area contributed by atoms with Crippen molar-refractivity contribution in [3.63, 3.8) is 0 Å². The predicted octanol–water partition coefficient (Wildman–Crippen LogP) is 1.85. The van der Waals surface area contributed by atoms with E-state index >= 15 is 0 Å². The summed E-state index contributed by atoms with van der Waals surface area (Å²) >= 11 is 0. The number of rotatable bonds is 1. The van der Waals surface area contributed by atoms with Crippen LogP contribution in [-0.2, 0) is 16.1 Å². The number of nitrogens with one attached hydrogen (secondary N) is 3. The van der Waals surface area contributed by atoms with E-state index in [1.807, 2.05) is 23.3 Å². The fourth-order valence-electron chi connectivity index (χ4n) is 4.58. The van der Waals surface area contributed by atoms with E-state index in [2.05, 4.69) is 16.3 Å². The average molecular weight is 300 g/mol. The quantitative estimate of drug-likeness (QED) is 0.738. The van der Waals surface area contributed by atoms with Crippen molar-refractivity contribution >= 4 is 17.3 Å². The molecule has 1 unspecified atom stereocenters. The lowest BCUT2D eigenvalue weighted by molar-refractivity contribution is -0.153. The normalized spacial score (nSPS) is 36.0. The standard InChI is InChI=1S/C16H20N4O2/c21-14-8-11-2-1-3-13(15(11)17-14)20-18-16(22-19-20)9-10-4-6-12(16)7-5-10/h1-3,10,12,18-19H,4-9H2,(H,17,21). The minimum Gasteiger partial charge on any atom is -0.324 e. The van der Waals surface area contributed by atoms with Gasteiger partial charge in [-0.3, -0.25) is 9.63 Å². The van der Waals surface area contributed by atoms with Crippen molar-refractivity contribution in [1.82, 2.24) is 11.0 Å². The first kappa shape index (κ1) is 12.9.